The summed E-state index contributed by atoms with van der Waals surface area (Å²) in [5, 5.41) is 16.5. The topological polar surface area (TPSA) is 97.2 Å². The van der Waals surface area contributed by atoms with Crippen LogP contribution in [0.5, 0.6) is 5.75 Å². The zero-order valence-electron chi connectivity index (χ0n) is 20.7. The number of nitrogens with one attached hydrogen (secondary N) is 2. The van der Waals surface area contributed by atoms with Gasteiger partial charge in [-0.05, 0) is 53.5 Å². The second kappa shape index (κ2) is 11.6. The number of methoxy groups -OCH3 is 1. The van der Waals surface area contributed by atoms with Crippen molar-refractivity contribution in [1.29, 1.82) is 0 Å². The number of nitrogens with zero attached hydrogens (tertiary/aromatic N) is 5. The normalized spacial score (nSPS) is 19.5. The Bertz CT molecular complexity index is 1240. The number of tetrazole rings is 1. The first-order chi connectivity index (χ1) is 17.8. The molecule has 0 radical (unpaired) electrons. The monoisotopic (exact) mass is 551 g/mol. The Morgan fingerprint density at radius 3 is 2.58 bits per heavy atom. The third kappa shape index (κ3) is 6.18. The number of benzene rings is 2. The molecule has 2 aliphatic rings. The minimum atomic E-state index is -4.69. The fourth-order valence-electron chi connectivity index (χ4n) is 4.73. The van der Waals surface area contributed by atoms with E-state index < -0.39 is 12.0 Å². The third-order valence-corrected chi connectivity index (χ3v) is 6.82. The van der Waals surface area contributed by atoms with E-state index in [9.17, 15) is 18.0 Å². The molecule has 2 fully saturated rings. The highest BCUT2D eigenvalue weighted by Crippen LogP contribution is 2.31. The van der Waals surface area contributed by atoms with Crippen LogP contribution in [0, 0.1) is 0 Å². The molecule has 5 rings (SSSR count). The van der Waals surface area contributed by atoms with Gasteiger partial charge in [-0.1, -0.05) is 30.3 Å². The van der Waals surface area contributed by atoms with Crippen LogP contribution in [0.25, 0.3) is 5.69 Å². The smallest absolute Gasteiger partial charge is 0.453 e. The first-order valence-electron chi connectivity index (χ1n) is 12.2. The van der Waals surface area contributed by atoms with Gasteiger partial charge in [0.15, 0.2) is 0 Å². The van der Waals surface area contributed by atoms with Gasteiger partial charge in [0.1, 0.15) is 5.75 Å². The summed E-state index contributed by atoms with van der Waals surface area (Å²) < 4.78 is 46.2. The van der Waals surface area contributed by atoms with Gasteiger partial charge >= 0.3 is 12.2 Å². The lowest BCUT2D eigenvalue weighted by atomic mass is 9.86. The summed E-state index contributed by atoms with van der Waals surface area (Å²) >= 11 is 0. The van der Waals surface area contributed by atoms with Crippen LogP contribution >= 0.6 is 12.4 Å². The van der Waals surface area contributed by atoms with Crippen LogP contribution in [-0.2, 0) is 12.7 Å². The van der Waals surface area contributed by atoms with Crippen molar-refractivity contribution < 1.29 is 22.7 Å². The SMILES string of the molecule is COc1ccc(-n2nnnc2C(F)(F)F)cc1CN[C@H]1CCN(C(=O)NC2CC2)C[C@H]1c1ccccc1.Cl. The van der Waals surface area contributed by atoms with E-state index in [0.717, 1.165) is 24.8 Å². The maximum absolute atomic E-state index is 13.3. The number of piperidine rings is 1. The highest BCUT2D eigenvalue weighted by Gasteiger charge is 2.39. The van der Waals surface area contributed by atoms with E-state index in [1.165, 1.54) is 13.2 Å². The van der Waals surface area contributed by atoms with Crippen LogP contribution in [-0.4, -0.2) is 63.4 Å². The van der Waals surface area contributed by atoms with E-state index in [2.05, 4.69) is 38.3 Å². The van der Waals surface area contributed by atoms with Gasteiger partial charge in [0.05, 0.1) is 12.8 Å². The van der Waals surface area contributed by atoms with Gasteiger partial charge in [-0.3, -0.25) is 0 Å². The van der Waals surface area contributed by atoms with Crippen molar-refractivity contribution in [3.05, 3.63) is 65.5 Å². The fraction of sp³-hybridized carbons (Fsp3) is 0.440. The predicted octanol–water partition coefficient (Wildman–Crippen LogP) is 3.93. The zero-order valence-corrected chi connectivity index (χ0v) is 21.5. The molecule has 204 valence electrons. The minimum absolute atomic E-state index is 0. The van der Waals surface area contributed by atoms with Crippen LogP contribution in [0.15, 0.2) is 48.5 Å². The number of ether oxygens (including phenoxy) is 1. The Kier molecular flexibility index (Phi) is 8.41. The number of rotatable bonds is 7. The summed E-state index contributed by atoms with van der Waals surface area (Å²) in [6.07, 6.45) is -1.90. The Morgan fingerprint density at radius 1 is 1.13 bits per heavy atom. The summed E-state index contributed by atoms with van der Waals surface area (Å²) in [6.45, 7) is 1.52. The Hall–Kier alpha value is -3.38. The Balaban J connectivity index is 0.00000336. The number of urea groups is 1. The number of carbonyl (C=O) groups is 1. The van der Waals surface area contributed by atoms with Gasteiger partial charge in [0.2, 0.25) is 0 Å². The molecule has 1 aliphatic carbocycles. The molecular weight excluding hydrogens is 523 g/mol. The summed E-state index contributed by atoms with van der Waals surface area (Å²) in [5.41, 5.74) is 1.97. The highest BCUT2D eigenvalue weighted by atomic mass is 35.5. The molecule has 3 aromatic rings. The quantitative estimate of drug-likeness (QED) is 0.462. The second-order valence-corrected chi connectivity index (χ2v) is 9.37. The van der Waals surface area contributed by atoms with E-state index in [-0.39, 0.29) is 42.1 Å². The van der Waals surface area contributed by atoms with Crippen LogP contribution in [0.2, 0.25) is 0 Å². The molecule has 2 heterocycles. The van der Waals surface area contributed by atoms with Crippen molar-refractivity contribution in [2.24, 2.45) is 0 Å². The summed E-state index contributed by atoms with van der Waals surface area (Å²) in [7, 11) is 1.51. The highest BCUT2D eigenvalue weighted by molar-refractivity contribution is 5.85. The number of hydrogen-bond acceptors (Lipinski definition) is 6. The molecule has 1 saturated carbocycles. The Morgan fingerprint density at radius 2 is 1.89 bits per heavy atom. The lowest BCUT2D eigenvalue weighted by Gasteiger charge is -2.39. The van der Waals surface area contributed by atoms with Crippen LogP contribution in [0.4, 0.5) is 18.0 Å². The van der Waals surface area contributed by atoms with E-state index >= 15 is 0 Å². The van der Waals surface area contributed by atoms with Crippen molar-refractivity contribution >= 4 is 18.4 Å². The average molecular weight is 552 g/mol. The molecule has 2 aromatic carbocycles. The first kappa shape index (κ1) is 27.6. The van der Waals surface area contributed by atoms with Gasteiger partial charge in [-0.15, -0.1) is 17.5 Å². The molecule has 0 bridgehead atoms. The number of alkyl halides is 3. The van der Waals surface area contributed by atoms with Gasteiger partial charge in [-0.2, -0.15) is 17.9 Å². The predicted molar refractivity (Wildman–Crippen MR) is 136 cm³/mol. The molecule has 1 aromatic heterocycles. The number of amides is 2. The minimum Gasteiger partial charge on any atom is -0.496 e. The number of halogens is 4. The Labute approximate surface area is 224 Å². The number of aromatic nitrogens is 4. The van der Waals surface area contributed by atoms with Crippen LogP contribution < -0.4 is 15.4 Å². The molecular formula is C25H29ClF3N7O2. The van der Waals surface area contributed by atoms with Crippen LogP contribution in [0.3, 0.4) is 0 Å². The standard InChI is InChI=1S/C25H28F3N7O2.ClH/c1-37-22-10-9-19(35-23(25(26,27)28)31-32-33-35)13-17(22)14-29-21-11-12-34(24(36)30-18-7-8-18)15-20(21)16-5-3-2-4-6-16;/h2-6,9-10,13,18,20-21,29H,7-8,11-12,14-15H2,1H3,(H,30,36);1H/t20-,21-;/m0./s1. The molecule has 0 spiro atoms. The molecule has 0 unspecified atom stereocenters. The molecule has 9 nitrogen and oxygen atoms in total. The zero-order chi connectivity index (χ0) is 26.0. The summed E-state index contributed by atoms with van der Waals surface area (Å²) in [6, 6.07) is 15.0. The molecule has 13 heteroatoms. The maximum Gasteiger partial charge on any atom is 0.453 e. The molecule has 2 atom stereocenters. The van der Waals surface area contributed by atoms with E-state index in [1.807, 2.05) is 23.1 Å². The van der Waals surface area contributed by atoms with Gasteiger partial charge < -0.3 is 20.3 Å². The number of hydrogen-bond donors (Lipinski definition) is 2. The lowest BCUT2D eigenvalue weighted by molar-refractivity contribution is -0.146. The molecule has 1 aliphatic heterocycles. The molecule has 38 heavy (non-hydrogen) atoms. The number of likely N-dealkylation sites (tertiary alicyclic amines) is 1. The van der Waals surface area contributed by atoms with E-state index in [1.54, 1.807) is 12.1 Å². The molecule has 2 N–H and O–H groups in total. The van der Waals surface area contributed by atoms with Gasteiger partial charge in [0, 0.05) is 43.2 Å². The van der Waals surface area contributed by atoms with Crippen molar-refractivity contribution in [1.82, 2.24) is 35.7 Å². The lowest BCUT2D eigenvalue weighted by Crippen LogP contribution is -2.52. The summed E-state index contributed by atoms with van der Waals surface area (Å²) in [4.78, 5) is 14.6. The fourth-order valence-corrected chi connectivity index (χ4v) is 4.73. The van der Waals surface area contributed by atoms with Crippen molar-refractivity contribution in [2.45, 2.75) is 50.0 Å². The first-order valence-corrected chi connectivity index (χ1v) is 12.2. The maximum atomic E-state index is 13.3. The van der Waals surface area contributed by atoms with Crippen molar-refractivity contribution in [3.8, 4) is 11.4 Å². The second-order valence-electron chi connectivity index (χ2n) is 9.37. The summed E-state index contributed by atoms with van der Waals surface area (Å²) in [5.74, 6) is -0.613. The number of carbonyl (C=O) groups excluding carboxylic acids is 1. The molecule has 1 saturated heterocycles. The van der Waals surface area contributed by atoms with Gasteiger partial charge in [-0.25, -0.2) is 4.79 Å². The molecule has 2 amide bonds. The third-order valence-electron chi connectivity index (χ3n) is 6.82. The van der Waals surface area contributed by atoms with Crippen molar-refractivity contribution in [2.75, 3.05) is 20.2 Å². The van der Waals surface area contributed by atoms with E-state index in [4.69, 9.17) is 4.74 Å². The van der Waals surface area contributed by atoms with Gasteiger partial charge in [0.25, 0.3) is 5.82 Å². The van der Waals surface area contributed by atoms with Crippen molar-refractivity contribution in [3.63, 3.8) is 0 Å². The van der Waals surface area contributed by atoms with E-state index in [0.29, 0.717) is 35.6 Å². The average Bonchev–Trinajstić information content (AvgIpc) is 3.56. The largest absolute Gasteiger partial charge is 0.496 e. The van der Waals surface area contributed by atoms with Crippen LogP contribution in [0.1, 0.15) is 42.1 Å².